The molecule has 0 amide bonds. The van der Waals surface area contributed by atoms with Crippen LogP contribution in [0.1, 0.15) is 39.5 Å². The largest absolute Gasteiger partial charge is 0.319 e. The summed E-state index contributed by atoms with van der Waals surface area (Å²) in [6.07, 6.45) is 5.95. The van der Waals surface area contributed by atoms with Crippen LogP contribution in [0.3, 0.4) is 0 Å². The average molecular weight is 275 g/mol. The maximum Gasteiger partial charge on any atom is 0.147 e. The smallest absolute Gasteiger partial charge is 0.147 e. The van der Waals surface area contributed by atoms with Gasteiger partial charge in [0.2, 0.25) is 0 Å². The fraction of sp³-hybridized carbons (Fsp3) is 1.00. The van der Waals surface area contributed by atoms with Crippen molar-refractivity contribution < 1.29 is 8.42 Å². The summed E-state index contributed by atoms with van der Waals surface area (Å²) >= 11 is 0. The van der Waals surface area contributed by atoms with E-state index >= 15 is 0 Å². The van der Waals surface area contributed by atoms with Crippen LogP contribution in [0.2, 0.25) is 0 Å². The number of sulfone groups is 1. The van der Waals surface area contributed by atoms with Crippen LogP contribution >= 0.6 is 0 Å². The van der Waals surface area contributed by atoms with Gasteiger partial charge in [0.15, 0.2) is 0 Å². The maximum atomic E-state index is 11.3. The molecule has 4 heteroatoms. The summed E-state index contributed by atoms with van der Waals surface area (Å²) in [5, 5.41) is 3.26. The molecule has 3 unspecified atom stereocenters. The Hall–Kier alpha value is -0.0900. The van der Waals surface area contributed by atoms with E-state index in [1.165, 1.54) is 25.5 Å². The van der Waals surface area contributed by atoms with Gasteiger partial charge < -0.3 is 5.32 Å². The number of rotatable bonds is 6. The topological polar surface area (TPSA) is 46.2 Å². The van der Waals surface area contributed by atoms with Gasteiger partial charge in [-0.1, -0.05) is 13.8 Å². The summed E-state index contributed by atoms with van der Waals surface area (Å²) in [4.78, 5) is 0. The van der Waals surface area contributed by atoms with Crippen molar-refractivity contribution in [3.05, 3.63) is 0 Å². The monoisotopic (exact) mass is 275 g/mol. The standard InChI is InChI=1S/C14H29NO2S/c1-11(2)12-5-6-14(10-15-3)13(9-12)7-8-18(4,16)17/h11-15H,5-10H2,1-4H3. The van der Waals surface area contributed by atoms with Crippen molar-refractivity contribution in [1.82, 2.24) is 5.32 Å². The van der Waals surface area contributed by atoms with Gasteiger partial charge in [-0.25, -0.2) is 8.42 Å². The minimum absolute atomic E-state index is 0.350. The van der Waals surface area contributed by atoms with Crippen molar-refractivity contribution in [2.45, 2.75) is 39.5 Å². The van der Waals surface area contributed by atoms with Crippen molar-refractivity contribution in [2.24, 2.45) is 23.7 Å². The molecule has 1 N–H and O–H groups in total. The van der Waals surface area contributed by atoms with E-state index in [2.05, 4.69) is 19.2 Å². The molecule has 0 aromatic heterocycles. The van der Waals surface area contributed by atoms with Crippen LogP contribution in [0.15, 0.2) is 0 Å². The van der Waals surface area contributed by atoms with Crippen molar-refractivity contribution in [2.75, 3.05) is 25.6 Å². The second kappa shape index (κ2) is 6.90. The van der Waals surface area contributed by atoms with Crippen LogP contribution in [0.4, 0.5) is 0 Å². The minimum atomic E-state index is -2.82. The summed E-state index contributed by atoms with van der Waals surface area (Å²) in [5.74, 6) is 3.09. The molecule has 1 rings (SSSR count). The molecule has 0 radical (unpaired) electrons. The van der Waals surface area contributed by atoms with Gasteiger partial charge in [0.1, 0.15) is 9.84 Å². The molecule has 0 heterocycles. The van der Waals surface area contributed by atoms with E-state index in [9.17, 15) is 8.42 Å². The zero-order chi connectivity index (χ0) is 13.8. The first kappa shape index (κ1) is 16.0. The molecule has 0 aromatic carbocycles. The van der Waals surface area contributed by atoms with Gasteiger partial charge in [-0.15, -0.1) is 0 Å². The van der Waals surface area contributed by atoms with Crippen LogP contribution in [-0.4, -0.2) is 34.0 Å². The van der Waals surface area contributed by atoms with E-state index in [0.717, 1.165) is 24.8 Å². The lowest BCUT2D eigenvalue weighted by atomic mass is 9.69. The van der Waals surface area contributed by atoms with E-state index in [1.54, 1.807) is 0 Å². The molecule has 18 heavy (non-hydrogen) atoms. The Morgan fingerprint density at radius 2 is 1.89 bits per heavy atom. The molecule has 1 aliphatic carbocycles. The summed E-state index contributed by atoms with van der Waals surface area (Å²) in [7, 11) is -0.832. The molecule has 0 aromatic rings. The fourth-order valence-electron chi connectivity index (χ4n) is 3.22. The number of hydrogen-bond donors (Lipinski definition) is 1. The van der Waals surface area contributed by atoms with Gasteiger partial charge in [-0.3, -0.25) is 0 Å². The molecule has 108 valence electrons. The molecule has 0 saturated heterocycles. The van der Waals surface area contributed by atoms with Crippen LogP contribution in [0, 0.1) is 23.7 Å². The van der Waals surface area contributed by atoms with Gasteiger partial charge in [-0.05, 0) is 62.9 Å². The van der Waals surface area contributed by atoms with Crippen LogP contribution in [-0.2, 0) is 9.84 Å². The Bertz CT molecular complexity index is 338. The van der Waals surface area contributed by atoms with Gasteiger partial charge >= 0.3 is 0 Å². The molecule has 1 aliphatic rings. The third kappa shape index (κ3) is 5.27. The van der Waals surface area contributed by atoms with Gasteiger partial charge in [0, 0.05) is 6.26 Å². The van der Waals surface area contributed by atoms with Crippen molar-refractivity contribution in [3.63, 3.8) is 0 Å². The molecular formula is C14H29NO2S. The third-order valence-electron chi connectivity index (χ3n) is 4.45. The first-order valence-electron chi connectivity index (χ1n) is 7.15. The molecule has 3 atom stereocenters. The lowest BCUT2D eigenvalue weighted by Crippen LogP contribution is -2.34. The SMILES string of the molecule is CNCC1CCC(C(C)C)CC1CCS(C)(=O)=O. The van der Waals surface area contributed by atoms with Gasteiger partial charge in [-0.2, -0.15) is 0 Å². The summed E-state index contributed by atoms with van der Waals surface area (Å²) < 4.78 is 22.7. The van der Waals surface area contributed by atoms with E-state index in [1.807, 2.05) is 7.05 Å². The highest BCUT2D eigenvalue weighted by atomic mass is 32.2. The predicted molar refractivity (Wildman–Crippen MR) is 77.4 cm³/mol. The third-order valence-corrected chi connectivity index (χ3v) is 5.43. The summed E-state index contributed by atoms with van der Waals surface area (Å²) in [6, 6.07) is 0. The van der Waals surface area contributed by atoms with Crippen LogP contribution < -0.4 is 5.32 Å². The Balaban J connectivity index is 2.60. The Kier molecular flexibility index (Phi) is 6.12. The number of hydrogen-bond acceptors (Lipinski definition) is 3. The van der Waals surface area contributed by atoms with E-state index in [0.29, 0.717) is 17.6 Å². The zero-order valence-electron chi connectivity index (χ0n) is 12.3. The fourth-order valence-corrected chi connectivity index (χ4v) is 3.95. The van der Waals surface area contributed by atoms with Crippen LogP contribution in [0.5, 0.6) is 0 Å². The normalized spacial score (nSPS) is 29.7. The highest BCUT2D eigenvalue weighted by Gasteiger charge is 2.31. The van der Waals surface area contributed by atoms with Crippen LogP contribution in [0.25, 0.3) is 0 Å². The molecule has 1 saturated carbocycles. The molecule has 3 nitrogen and oxygen atoms in total. The molecular weight excluding hydrogens is 246 g/mol. The lowest BCUT2D eigenvalue weighted by molar-refractivity contribution is 0.143. The Labute approximate surface area is 113 Å². The average Bonchev–Trinajstić information content (AvgIpc) is 2.26. The first-order chi connectivity index (χ1) is 8.33. The van der Waals surface area contributed by atoms with Crippen molar-refractivity contribution in [3.8, 4) is 0 Å². The van der Waals surface area contributed by atoms with E-state index < -0.39 is 9.84 Å². The van der Waals surface area contributed by atoms with E-state index in [-0.39, 0.29) is 0 Å². The Morgan fingerprint density at radius 1 is 1.22 bits per heavy atom. The van der Waals surface area contributed by atoms with Crippen molar-refractivity contribution in [1.29, 1.82) is 0 Å². The zero-order valence-corrected chi connectivity index (χ0v) is 13.1. The summed E-state index contributed by atoms with van der Waals surface area (Å²) in [6.45, 7) is 5.60. The molecule has 0 aliphatic heterocycles. The van der Waals surface area contributed by atoms with Gasteiger partial charge in [0.05, 0.1) is 5.75 Å². The first-order valence-corrected chi connectivity index (χ1v) is 9.22. The predicted octanol–water partition coefficient (Wildman–Crippen LogP) is 2.33. The molecule has 0 bridgehead atoms. The highest BCUT2D eigenvalue weighted by Crippen LogP contribution is 2.39. The summed E-state index contributed by atoms with van der Waals surface area (Å²) in [5.41, 5.74) is 0. The molecule has 0 spiro atoms. The number of nitrogens with one attached hydrogen (secondary N) is 1. The minimum Gasteiger partial charge on any atom is -0.319 e. The van der Waals surface area contributed by atoms with Crippen molar-refractivity contribution >= 4 is 9.84 Å². The highest BCUT2D eigenvalue weighted by molar-refractivity contribution is 7.90. The maximum absolute atomic E-state index is 11.3. The lowest BCUT2D eigenvalue weighted by Gasteiger charge is -2.38. The second-order valence-corrected chi connectivity index (χ2v) is 8.57. The second-order valence-electron chi connectivity index (χ2n) is 6.31. The molecule has 1 fully saturated rings. The van der Waals surface area contributed by atoms with Gasteiger partial charge in [0.25, 0.3) is 0 Å². The van der Waals surface area contributed by atoms with E-state index in [4.69, 9.17) is 0 Å². The quantitative estimate of drug-likeness (QED) is 0.809. The Morgan fingerprint density at radius 3 is 2.39 bits per heavy atom.